The molecule has 41 heavy (non-hydrogen) atoms. The molecule has 1 atom stereocenters. The Balaban J connectivity index is 1.25. The lowest BCUT2D eigenvalue weighted by Crippen LogP contribution is -2.62. The first-order valence-electron chi connectivity index (χ1n) is 14.6. The zero-order valence-corrected chi connectivity index (χ0v) is 24.2. The number of aromatic nitrogens is 2. The number of aryl methyl sites for hydroxylation is 1. The minimum absolute atomic E-state index is 0.0200. The molecule has 0 saturated carbocycles. The largest absolute Gasteiger partial charge is 0.371 e. The summed E-state index contributed by atoms with van der Waals surface area (Å²) >= 11 is 0. The number of hydrogen-bond acceptors (Lipinski definition) is 9. The molecule has 0 bridgehead atoms. The normalized spacial score (nSPS) is 21.6. The monoisotopic (exact) mass is 562 g/mol. The molecule has 0 aliphatic carbocycles. The maximum atomic E-state index is 12.2. The highest BCUT2D eigenvalue weighted by atomic mass is 16.5. The van der Waals surface area contributed by atoms with Gasteiger partial charge in [0.1, 0.15) is 5.72 Å². The van der Waals surface area contributed by atoms with Crippen LogP contribution < -0.4 is 16.0 Å². The predicted molar refractivity (Wildman–Crippen MR) is 159 cm³/mol. The number of piperidine rings is 1. The molecule has 11 nitrogen and oxygen atoms in total. The number of benzene rings is 1. The summed E-state index contributed by atoms with van der Waals surface area (Å²) in [4.78, 5) is 41.9. The van der Waals surface area contributed by atoms with Gasteiger partial charge in [-0.2, -0.15) is 0 Å². The van der Waals surface area contributed by atoms with Crippen molar-refractivity contribution in [1.82, 2.24) is 24.7 Å². The fraction of sp³-hybridized carbons (Fsp3) is 0.533. The Kier molecular flexibility index (Phi) is 8.86. The fourth-order valence-corrected chi connectivity index (χ4v) is 6.05. The highest BCUT2D eigenvalue weighted by Crippen LogP contribution is 2.36. The number of carbonyl (C=O) groups excluding carboxylic acids is 2. The number of nitrogens with one attached hydrogen (secondary N) is 1. The van der Waals surface area contributed by atoms with E-state index in [0.717, 1.165) is 82.1 Å². The molecule has 1 aromatic heterocycles. The Labute approximate surface area is 242 Å². The zero-order valence-electron chi connectivity index (χ0n) is 24.2. The van der Waals surface area contributed by atoms with Gasteiger partial charge in [-0.3, -0.25) is 14.5 Å². The number of amides is 2. The van der Waals surface area contributed by atoms with Crippen molar-refractivity contribution >= 4 is 29.0 Å². The maximum Gasteiger partial charge on any atom is 0.271 e. The van der Waals surface area contributed by atoms with Crippen LogP contribution in [0.3, 0.4) is 0 Å². The summed E-state index contributed by atoms with van der Waals surface area (Å²) in [5, 5.41) is 3.19. The van der Waals surface area contributed by atoms with E-state index in [1.807, 2.05) is 24.0 Å². The standard InChI is InChI=1S/C30H42N8O3/c1-4-22-20-32-29(27(33-22)28(31)40)34-23-6-8-24(9-7-23)36-14-11-30(12-15-36,38-18-16-35(3)17-19-38)41-25-10-13-37(21-25)26(39)5-2/h5-9,20,25H,2,4,10-19,21H2,1,3H3,(H2,31,40)(H,32,34)/t25-/m1/s1. The first kappa shape index (κ1) is 29.0. The molecule has 2 amide bonds. The van der Waals surface area contributed by atoms with Crippen LogP contribution in [-0.4, -0.2) is 108 Å². The average molecular weight is 563 g/mol. The molecule has 4 heterocycles. The number of carbonyl (C=O) groups is 2. The first-order valence-corrected chi connectivity index (χ1v) is 14.6. The lowest BCUT2D eigenvalue weighted by molar-refractivity contribution is -0.202. The molecule has 3 aliphatic heterocycles. The predicted octanol–water partition coefficient (Wildman–Crippen LogP) is 2.23. The number of anilines is 3. The highest BCUT2D eigenvalue weighted by Gasteiger charge is 2.44. The van der Waals surface area contributed by atoms with Crippen molar-refractivity contribution in [1.29, 1.82) is 0 Å². The van der Waals surface area contributed by atoms with Gasteiger partial charge in [0.25, 0.3) is 5.91 Å². The number of nitrogens with two attached hydrogens (primary N) is 1. The summed E-state index contributed by atoms with van der Waals surface area (Å²) in [6.45, 7) is 12.7. The van der Waals surface area contributed by atoms with Crippen LogP contribution in [0.2, 0.25) is 0 Å². The summed E-state index contributed by atoms with van der Waals surface area (Å²) in [5.41, 5.74) is 8.02. The summed E-state index contributed by atoms with van der Waals surface area (Å²) in [6.07, 6.45) is 6.41. The Hall–Kier alpha value is -3.54. The number of likely N-dealkylation sites (tertiary alicyclic amines) is 1. The number of primary amides is 1. The molecular formula is C30H42N8O3. The van der Waals surface area contributed by atoms with E-state index in [1.54, 1.807) is 6.20 Å². The molecule has 3 saturated heterocycles. The summed E-state index contributed by atoms with van der Waals surface area (Å²) in [7, 11) is 2.17. The topological polar surface area (TPSA) is 120 Å². The van der Waals surface area contributed by atoms with Crippen LogP contribution in [0.5, 0.6) is 0 Å². The molecule has 5 rings (SSSR count). The van der Waals surface area contributed by atoms with E-state index >= 15 is 0 Å². The summed E-state index contributed by atoms with van der Waals surface area (Å²) in [6, 6.07) is 8.13. The van der Waals surface area contributed by atoms with Crippen molar-refractivity contribution in [3.8, 4) is 0 Å². The van der Waals surface area contributed by atoms with Gasteiger partial charge in [-0.15, -0.1) is 0 Å². The van der Waals surface area contributed by atoms with Gasteiger partial charge in [-0.25, -0.2) is 9.97 Å². The van der Waals surface area contributed by atoms with E-state index in [-0.39, 0.29) is 23.4 Å². The lowest BCUT2D eigenvalue weighted by atomic mass is 9.96. The molecule has 2 aromatic rings. The zero-order chi connectivity index (χ0) is 29.0. The Morgan fingerprint density at radius 1 is 1.12 bits per heavy atom. The molecule has 3 aliphatic rings. The fourth-order valence-electron chi connectivity index (χ4n) is 6.05. The molecule has 0 spiro atoms. The smallest absolute Gasteiger partial charge is 0.271 e. The number of hydrogen-bond donors (Lipinski definition) is 2. The molecule has 0 unspecified atom stereocenters. The molecule has 3 fully saturated rings. The van der Waals surface area contributed by atoms with Crippen LogP contribution in [0.1, 0.15) is 42.4 Å². The Bertz CT molecular complexity index is 1240. The summed E-state index contributed by atoms with van der Waals surface area (Å²) in [5.74, 6) is -0.271. The summed E-state index contributed by atoms with van der Waals surface area (Å²) < 4.78 is 6.95. The third kappa shape index (κ3) is 6.52. The van der Waals surface area contributed by atoms with Gasteiger partial charge in [0.15, 0.2) is 11.5 Å². The second-order valence-electron chi connectivity index (χ2n) is 11.2. The minimum atomic E-state index is -0.607. The van der Waals surface area contributed by atoms with Crippen LogP contribution in [0.4, 0.5) is 17.2 Å². The van der Waals surface area contributed by atoms with Crippen LogP contribution in [0.25, 0.3) is 0 Å². The van der Waals surface area contributed by atoms with E-state index < -0.39 is 5.91 Å². The molecular weight excluding hydrogens is 520 g/mol. The SMILES string of the molecule is C=CC(=O)N1CC[C@@H](OC2(N3CCN(C)CC3)CCN(c3ccc(Nc4ncc(CC)nc4C(N)=O)cc3)CC2)C1. The Morgan fingerprint density at radius 3 is 2.46 bits per heavy atom. The maximum absolute atomic E-state index is 12.2. The quantitative estimate of drug-likeness (QED) is 0.443. The molecule has 220 valence electrons. The van der Waals surface area contributed by atoms with Crippen LogP contribution in [0, 0.1) is 0 Å². The van der Waals surface area contributed by atoms with Gasteiger partial charge in [-0.05, 0) is 50.2 Å². The van der Waals surface area contributed by atoms with Gasteiger partial charge in [0.2, 0.25) is 5.91 Å². The van der Waals surface area contributed by atoms with Crippen molar-refractivity contribution < 1.29 is 14.3 Å². The van der Waals surface area contributed by atoms with E-state index in [0.29, 0.717) is 18.8 Å². The van der Waals surface area contributed by atoms with Crippen molar-refractivity contribution in [2.75, 3.05) is 69.6 Å². The second-order valence-corrected chi connectivity index (χ2v) is 11.2. The van der Waals surface area contributed by atoms with E-state index in [1.165, 1.54) is 6.08 Å². The molecule has 11 heteroatoms. The second kappa shape index (κ2) is 12.5. The van der Waals surface area contributed by atoms with Crippen molar-refractivity contribution in [2.24, 2.45) is 5.73 Å². The molecule has 3 N–H and O–H groups in total. The number of nitrogens with zero attached hydrogens (tertiary/aromatic N) is 6. The lowest BCUT2D eigenvalue weighted by Gasteiger charge is -2.52. The van der Waals surface area contributed by atoms with Crippen LogP contribution in [-0.2, 0) is 16.0 Å². The van der Waals surface area contributed by atoms with Gasteiger partial charge >= 0.3 is 0 Å². The van der Waals surface area contributed by atoms with E-state index in [2.05, 4.69) is 55.7 Å². The number of rotatable bonds is 9. The number of likely N-dealkylation sites (N-methyl/N-ethyl adjacent to an activating group) is 1. The number of piperazine rings is 1. The van der Waals surface area contributed by atoms with Gasteiger partial charge in [0, 0.05) is 76.6 Å². The van der Waals surface area contributed by atoms with E-state index in [4.69, 9.17) is 10.5 Å². The highest BCUT2D eigenvalue weighted by molar-refractivity contribution is 5.96. The molecule has 0 radical (unpaired) electrons. The van der Waals surface area contributed by atoms with Gasteiger partial charge in [0.05, 0.1) is 18.0 Å². The van der Waals surface area contributed by atoms with Crippen molar-refractivity contribution in [3.63, 3.8) is 0 Å². The third-order valence-corrected chi connectivity index (χ3v) is 8.55. The van der Waals surface area contributed by atoms with Gasteiger partial charge in [-0.1, -0.05) is 13.5 Å². The van der Waals surface area contributed by atoms with Gasteiger partial charge < -0.3 is 30.5 Å². The third-order valence-electron chi connectivity index (χ3n) is 8.55. The van der Waals surface area contributed by atoms with E-state index in [9.17, 15) is 9.59 Å². The number of ether oxygens (including phenoxy) is 1. The average Bonchev–Trinajstić information content (AvgIpc) is 3.46. The molecule has 1 aromatic carbocycles. The van der Waals surface area contributed by atoms with Crippen LogP contribution in [0.15, 0.2) is 43.1 Å². The van der Waals surface area contributed by atoms with Crippen molar-refractivity contribution in [2.45, 2.75) is 44.4 Å². The van der Waals surface area contributed by atoms with Crippen LogP contribution >= 0.6 is 0 Å². The first-order chi connectivity index (χ1) is 19.8. The Morgan fingerprint density at radius 2 is 1.83 bits per heavy atom. The van der Waals surface area contributed by atoms with Crippen molar-refractivity contribution in [3.05, 3.63) is 54.5 Å². The minimum Gasteiger partial charge on any atom is -0.371 e.